The highest BCUT2D eigenvalue weighted by Gasteiger charge is 2.08. The predicted molar refractivity (Wildman–Crippen MR) is 124 cm³/mol. The van der Waals surface area contributed by atoms with Crippen molar-refractivity contribution in [2.45, 2.75) is 58.9 Å². The highest BCUT2D eigenvalue weighted by molar-refractivity contribution is 8.93. The molecule has 150 valence electrons. The van der Waals surface area contributed by atoms with Crippen molar-refractivity contribution in [2.75, 3.05) is 5.32 Å². The first-order chi connectivity index (χ1) is 13.1. The lowest BCUT2D eigenvalue weighted by molar-refractivity contribution is -0.118. The van der Waals surface area contributed by atoms with Crippen LogP contribution in [-0.4, -0.2) is 16.9 Å². The molecule has 2 N–H and O–H groups in total. The predicted octanol–water partition coefficient (Wildman–Crippen LogP) is 6.12. The summed E-state index contributed by atoms with van der Waals surface area (Å²) in [6, 6.07) is 14.6. The Morgan fingerprint density at radius 2 is 1.82 bits per heavy atom. The van der Waals surface area contributed by atoms with E-state index in [2.05, 4.69) is 60.3 Å². The zero-order valence-corrected chi connectivity index (χ0v) is 18.6. The summed E-state index contributed by atoms with van der Waals surface area (Å²) in [5.74, 6) is -0.0382. The van der Waals surface area contributed by atoms with Crippen LogP contribution in [0.4, 0.5) is 5.69 Å². The number of H-pyrrole nitrogens is 1. The van der Waals surface area contributed by atoms with Gasteiger partial charge in [0, 0.05) is 28.8 Å². The lowest BCUT2D eigenvalue weighted by atomic mass is 10.1. The highest BCUT2D eigenvalue weighted by atomic mass is 79.9. The Hall–Kier alpha value is -2.14. The van der Waals surface area contributed by atoms with Crippen LogP contribution in [0.2, 0.25) is 0 Å². The Labute approximate surface area is 177 Å². The van der Waals surface area contributed by atoms with Gasteiger partial charge in [-0.15, -0.1) is 17.0 Å². The zero-order chi connectivity index (χ0) is 19.2. The number of para-hydroxylation sites is 1. The maximum absolute atomic E-state index is 12.2. The first-order valence-corrected chi connectivity index (χ1v) is 9.97. The van der Waals surface area contributed by atoms with Gasteiger partial charge in [0.1, 0.15) is 0 Å². The summed E-state index contributed by atoms with van der Waals surface area (Å²) in [5, 5.41) is 6.50. The summed E-state index contributed by atoms with van der Waals surface area (Å²) in [7, 11) is 0. The molecule has 0 aliphatic rings. The van der Waals surface area contributed by atoms with Crippen molar-refractivity contribution < 1.29 is 4.79 Å². The van der Waals surface area contributed by atoms with Crippen molar-refractivity contribution in [1.82, 2.24) is 4.98 Å². The van der Waals surface area contributed by atoms with Gasteiger partial charge < -0.3 is 10.3 Å². The van der Waals surface area contributed by atoms with Crippen molar-refractivity contribution in [3.05, 3.63) is 47.8 Å². The van der Waals surface area contributed by atoms with Gasteiger partial charge in [-0.25, -0.2) is 4.99 Å². The summed E-state index contributed by atoms with van der Waals surface area (Å²) in [6.07, 6.45) is 4.89. The molecule has 0 saturated heterocycles. The van der Waals surface area contributed by atoms with E-state index in [1.54, 1.807) is 0 Å². The fourth-order valence-corrected chi connectivity index (χ4v) is 3.39. The van der Waals surface area contributed by atoms with E-state index in [9.17, 15) is 4.79 Å². The third kappa shape index (κ3) is 5.44. The van der Waals surface area contributed by atoms with E-state index >= 15 is 0 Å². The van der Waals surface area contributed by atoms with Gasteiger partial charge in [0.25, 0.3) is 0 Å². The number of aromatic nitrogens is 1. The van der Waals surface area contributed by atoms with Gasteiger partial charge in [-0.1, -0.05) is 50.5 Å². The molecule has 2 aromatic carbocycles. The quantitative estimate of drug-likeness (QED) is 0.432. The second-order valence-electron chi connectivity index (χ2n) is 7.39. The molecule has 0 spiro atoms. The van der Waals surface area contributed by atoms with Crippen molar-refractivity contribution in [2.24, 2.45) is 4.99 Å². The average Bonchev–Trinajstić information content (AvgIpc) is 2.85. The number of hydrogen-bond donors (Lipinski definition) is 2. The van der Waals surface area contributed by atoms with E-state index in [1.807, 2.05) is 18.2 Å². The Kier molecular flexibility index (Phi) is 8.24. The number of anilines is 1. The topological polar surface area (TPSA) is 57.2 Å². The smallest absolute Gasteiger partial charge is 0.246 e. The van der Waals surface area contributed by atoms with Crippen LogP contribution in [0.3, 0.4) is 0 Å². The first kappa shape index (κ1) is 22.2. The molecule has 28 heavy (non-hydrogen) atoms. The number of aromatic amines is 1. The number of nitrogens with one attached hydrogen (secondary N) is 2. The second kappa shape index (κ2) is 10.4. The van der Waals surface area contributed by atoms with Crippen LogP contribution in [0.25, 0.3) is 21.8 Å². The van der Waals surface area contributed by atoms with Crippen LogP contribution in [0, 0.1) is 0 Å². The van der Waals surface area contributed by atoms with Crippen LogP contribution in [-0.2, 0) is 4.79 Å². The molecule has 1 aromatic heterocycles. The van der Waals surface area contributed by atoms with Gasteiger partial charge in [-0.3, -0.25) is 4.79 Å². The molecular formula is C23H30BrN3O. The number of fused-ring (bicyclic) bond motifs is 3. The van der Waals surface area contributed by atoms with Gasteiger partial charge in [-0.2, -0.15) is 0 Å². The fourth-order valence-electron chi connectivity index (χ4n) is 3.39. The minimum atomic E-state index is -0.0382. The van der Waals surface area contributed by atoms with Gasteiger partial charge in [0.05, 0.1) is 16.6 Å². The molecule has 0 radical (unpaired) electrons. The molecule has 0 bridgehead atoms. The van der Waals surface area contributed by atoms with Crippen molar-refractivity contribution in [3.63, 3.8) is 0 Å². The fraction of sp³-hybridized carbons (Fsp3) is 0.391. The molecule has 0 aliphatic heterocycles. The Balaban J connectivity index is 0.00000280. The van der Waals surface area contributed by atoms with E-state index in [1.165, 1.54) is 18.2 Å². The molecule has 1 amide bonds. The molecule has 4 nitrogen and oxygen atoms in total. The van der Waals surface area contributed by atoms with E-state index < -0.39 is 0 Å². The zero-order valence-electron chi connectivity index (χ0n) is 16.9. The summed E-state index contributed by atoms with van der Waals surface area (Å²) in [4.78, 5) is 20.0. The number of hydrogen-bond acceptors (Lipinski definition) is 2. The third-order valence-electron chi connectivity index (χ3n) is 4.67. The monoisotopic (exact) mass is 443 g/mol. The molecule has 0 fully saturated rings. The minimum absolute atomic E-state index is 0. The summed E-state index contributed by atoms with van der Waals surface area (Å²) in [6.45, 7) is 6.43. The first-order valence-electron chi connectivity index (χ1n) is 9.97. The Morgan fingerprint density at radius 1 is 1.07 bits per heavy atom. The number of rotatable bonds is 7. The molecule has 5 heteroatoms. The maximum atomic E-state index is 12.2. The van der Waals surface area contributed by atoms with E-state index in [0.29, 0.717) is 17.8 Å². The molecule has 0 aliphatic carbocycles. The number of unbranched alkanes of at least 4 members (excludes halogenated alkanes) is 3. The number of benzene rings is 1. The normalized spacial score (nSPS) is 11.8. The molecule has 0 atom stereocenters. The lowest BCUT2D eigenvalue weighted by Gasteiger charge is -2.10. The van der Waals surface area contributed by atoms with Gasteiger partial charge in [-0.05, 0) is 38.5 Å². The standard InChI is InChI=1S/C23H29N3O.BrH/c1-4-5-6-7-14-22(27)25-17-10-8-11-18-19-12-9-13-20(24-16(2)3)23(19)26-21(18)15-17;/h8-13,15-16,24,26H,4-7,14H2,1-3H3;1H. The average molecular weight is 444 g/mol. The molecule has 0 unspecified atom stereocenters. The van der Waals surface area contributed by atoms with Crippen LogP contribution in [0.5, 0.6) is 0 Å². The lowest BCUT2D eigenvalue weighted by Crippen LogP contribution is -2.09. The Morgan fingerprint density at radius 3 is 2.57 bits per heavy atom. The van der Waals surface area contributed by atoms with E-state index in [4.69, 9.17) is 0 Å². The van der Waals surface area contributed by atoms with Crippen LogP contribution >= 0.6 is 17.0 Å². The third-order valence-corrected chi connectivity index (χ3v) is 4.67. The Bertz CT molecular complexity index is 1010. The van der Waals surface area contributed by atoms with Gasteiger partial charge in [0.2, 0.25) is 5.91 Å². The number of amides is 1. The SMILES string of the molecule is Br.CCCCCCC(=O)N=c1cccc2c(c1)[nH]c1c(NC(C)C)cccc12. The maximum Gasteiger partial charge on any atom is 0.246 e. The largest absolute Gasteiger partial charge is 0.381 e. The van der Waals surface area contributed by atoms with E-state index in [0.717, 1.165) is 34.9 Å². The number of halogens is 1. The van der Waals surface area contributed by atoms with Crippen LogP contribution in [0.15, 0.2) is 47.5 Å². The van der Waals surface area contributed by atoms with E-state index in [-0.39, 0.29) is 22.9 Å². The van der Waals surface area contributed by atoms with Gasteiger partial charge in [0.15, 0.2) is 0 Å². The molecule has 1 heterocycles. The molecule has 3 aromatic rings. The number of nitrogens with zero attached hydrogens (tertiary/aromatic N) is 1. The van der Waals surface area contributed by atoms with Crippen molar-refractivity contribution in [1.29, 1.82) is 0 Å². The summed E-state index contributed by atoms with van der Waals surface area (Å²) >= 11 is 0. The molecule has 3 rings (SSSR count). The van der Waals surface area contributed by atoms with Crippen LogP contribution in [0.1, 0.15) is 52.9 Å². The minimum Gasteiger partial charge on any atom is -0.381 e. The van der Waals surface area contributed by atoms with Crippen molar-refractivity contribution >= 4 is 50.4 Å². The number of carbonyl (C=O) groups is 1. The number of carbonyl (C=O) groups excluding carboxylic acids is 1. The van der Waals surface area contributed by atoms with Gasteiger partial charge >= 0.3 is 0 Å². The molecular weight excluding hydrogens is 414 g/mol. The second-order valence-corrected chi connectivity index (χ2v) is 7.39. The van der Waals surface area contributed by atoms with Crippen molar-refractivity contribution in [3.8, 4) is 0 Å². The van der Waals surface area contributed by atoms with Crippen LogP contribution < -0.4 is 10.7 Å². The molecule has 0 saturated carbocycles. The highest BCUT2D eigenvalue weighted by Crippen LogP contribution is 2.29. The summed E-state index contributed by atoms with van der Waals surface area (Å²) < 4.78 is 0. The summed E-state index contributed by atoms with van der Waals surface area (Å²) in [5.41, 5.74) is 3.17.